The number of fused-ring (bicyclic) bond motifs is 2. The number of hydrogen-bond acceptors (Lipinski definition) is 4. The first kappa shape index (κ1) is 18.1. The molecular formula is C21H12BrFN2O3. The van der Waals surface area contributed by atoms with Crippen LogP contribution < -0.4 is 11.1 Å². The maximum absolute atomic E-state index is 13.9. The number of ketones is 2. The van der Waals surface area contributed by atoms with Gasteiger partial charge >= 0.3 is 0 Å². The summed E-state index contributed by atoms with van der Waals surface area (Å²) >= 11 is 3.26. The first-order chi connectivity index (χ1) is 13.4. The van der Waals surface area contributed by atoms with E-state index in [2.05, 4.69) is 21.2 Å². The second-order valence-corrected chi connectivity index (χ2v) is 7.06. The summed E-state index contributed by atoms with van der Waals surface area (Å²) in [5.41, 5.74) is 6.54. The number of anilines is 2. The van der Waals surface area contributed by atoms with Gasteiger partial charge in [-0.3, -0.25) is 14.4 Å². The summed E-state index contributed by atoms with van der Waals surface area (Å²) in [5.74, 6) is -2.29. The minimum Gasteiger partial charge on any atom is -0.397 e. The molecule has 1 amide bonds. The van der Waals surface area contributed by atoms with Crippen molar-refractivity contribution in [1.82, 2.24) is 0 Å². The van der Waals surface area contributed by atoms with Crippen molar-refractivity contribution in [3.05, 3.63) is 92.7 Å². The van der Waals surface area contributed by atoms with Crippen molar-refractivity contribution < 1.29 is 18.8 Å². The molecule has 5 nitrogen and oxygen atoms in total. The molecule has 0 fully saturated rings. The van der Waals surface area contributed by atoms with Gasteiger partial charge in [0.2, 0.25) is 0 Å². The van der Waals surface area contributed by atoms with Crippen molar-refractivity contribution in [2.24, 2.45) is 0 Å². The smallest absolute Gasteiger partial charge is 0.258 e. The third-order valence-electron chi connectivity index (χ3n) is 4.55. The lowest BCUT2D eigenvalue weighted by Gasteiger charge is -2.22. The zero-order chi connectivity index (χ0) is 20.0. The Balaban J connectivity index is 1.88. The quantitative estimate of drug-likeness (QED) is 0.459. The molecule has 1 aliphatic carbocycles. The first-order valence-corrected chi connectivity index (χ1v) is 9.05. The van der Waals surface area contributed by atoms with Crippen LogP contribution in [0.4, 0.5) is 15.8 Å². The Bertz CT molecular complexity index is 1190. The van der Waals surface area contributed by atoms with Gasteiger partial charge in [-0.25, -0.2) is 4.39 Å². The lowest BCUT2D eigenvalue weighted by Crippen LogP contribution is -2.25. The minimum atomic E-state index is -0.740. The van der Waals surface area contributed by atoms with Crippen molar-refractivity contribution >= 4 is 44.8 Å². The average Bonchev–Trinajstić information content (AvgIpc) is 2.69. The molecule has 4 rings (SSSR count). The number of rotatable bonds is 2. The molecule has 0 spiro atoms. The SMILES string of the molecule is Nc1c(Br)cc(NC(=O)c2ccccc2F)c2c1C(=O)c1ccccc1C2=O. The number of carbonyl (C=O) groups excluding carboxylic acids is 3. The molecule has 1 aliphatic rings. The van der Waals surface area contributed by atoms with Crippen LogP contribution in [0.5, 0.6) is 0 Å². The molecule has 0 aromatic heterocycles. The fourth-order valence-electron chi connectivity index (χ4n) is 3.22. The van der Waals surface area contributed by atoms with E-state index in [1.165, 1.54) is 24.3 Å². The Kier molecular flexibility index (Phi) is 4.31. The molecule has 0 bridgehead atoms. The highest BCUT2D eigenvalue weighted by Crippen LogP contribution is 2.39. The van der Waals surface area contributed by atoms with E-state index in [1.807, 2.05) is 0 Å². The van der Waals surface area contributed by atoms with Crippen molar-refractivity contribution in [2.45, 2.75) is 0 Å². The summed E-state index contributed by atoms with van der Waals surface area (Å²) in [6.07, 6.45) is 0. The Hall–Kier alpha value is -3.32. The van der Waals surface area contributed by atoms with E-state index >= 15 is 0 Å². The van der Waals surface area contributed by atoms with Crippen molar-refractivity contribution in [1.29, 1.82) is 0 Å². The number of benzene rings is 3. The first-order valence-electron chi connectivity index (χ1n) is 8.26. The molecular weight excluding hydrogens is 427 g/mol. The van der Waals surface area contributed by atoms with Gasteiger partial charge in [0.05, 0.1) is 28.1 Å². The van der Waals surface area contributed by atoms with Crippen molar-refractivity contribution in [3.8, 4) is 0 Å². The summed E-state index contributed by atoms with van der Waals surface area (Å²) in [6.45, 7) is 0. The van der Waals surface area contributed by atoms with E-state index in [-0.39, 0.29) is 39.2 Å². The standard InChI is InChI=1S/C21H12BrFN2O3/c22-13-9-15(25-21(28)12-7-3-4-8-14(12)23)16-17(18(13)24)20(27)11-6-2-1-5-10(11)19(16)26/h1-9H,24H2,(H,25,28). The van der Waals surface area contributed by atoms with Gasteiger partial charge in [0, 0.05) is 15.6 Å². The predicted octanol–water partition coefficient (Wildman–Crippen LogP) is 4.20. The van der Waals surface area contributed by atoms with E-state index < -0.39 is 23.3 Å². The van der Waals surface area contributed by atoms with Crippen LogP contribution in [0.15, 0.2) is 59.1 Å². The molecule has 0 atom stereocenters. The number of nitrogen functional groups attached to an aromatic ring is 1. The van der Waals surface area contributed by atoms with E-state index in [1.54, 1.807) is 24.3 Å². The molecule has 0 saturated heterocycles. The van der Waals surface area contributed by atoms with Gasteiger partial charge in [0.25, 0.3) is 5.91 Å². The number of carbonyl (C=O) groups is 3. The van der Waals surface area contributed by atoms with E-state index in [4.69, 9.17) is 5.73 Å². The fraction of sp³-hybridized carbons (Fsp3) is 0. The van der Waals surface area contributed by atoms with Crippen LogP contribution in [0.3, 0.4) is 0 Å². The van der Waals surface area contributed by atoms with Crippen LogP contribution in [-0.4, -0.2) is 17.5 Å². The molecule has 0 aliphatic heterocycles. The van der Waals surface area contributed by atoms with Crippen LogP contribution in [-0.2, 0) is 0 Å². The second kappa shape index (κ2) is 6.69. The highest BCUT2D eigenvalue weighted by atomic mass is 79.9. The van der Waals surface area contributed by atoms with Crippen LogP contribution in [0, 0.1) is 5.82 Å². The summed E-state index contributed by atoms with van der Waals surface area (Å²) in [6, 6.07) is 13.3. The number of halogens is 2. The summed E-state index contributed by atoms with van der Waals surface area (Å²) in [4.78, 5) is 38.6. The van der Waals surface area contributed by atoms with Gasteiger partial charge in [-0.05, 0) is 34.1 Å². The van der Waals surface area contributed by atoms with E-state index in [0.717, 1.165) is 6.07 Å². The van der Waals surface area contributed by atoms with E-state index in [0.29, 0.717) is 4.47 Å². The van der Waals surface area contributed by atoms with Crippen LogP contribution in [0.25, 0.3) is 0 Å². The molecule has 0 unspecified atom stereocenters. The number of hydrogen-bond donors (Lipinski definition) is 2. The Labute approximate surface area is 167 Å². The Morgan fingerprint density at radius 2 is 1.50 bits per heavy atom. The fourth-order valence-corrected chi connectivity index (χ4v) is 3.65. The van der Waals surface area contributed by atoms with E-state index in [9.17, 15) is 18.8 Å². The van der Waals surface area contributed by atoms with Crippen molar-refractivity contribution in [2.75, 3.05) is 11.1 Å². The van der Waals surface area contributed by atoms with Crippen LogP contribution in [0.2, 0.25) is 0 Å². The molecule has 0 radical (unpaired) electrons. The number of amides is 1. The lowest BCUT2D eigenvalue weighted by molar-refractivity contribution is 0.0979. The molecule has 0 heterocycles. The Morgan fingerprint density at radius 3 is 2.14 bits per heavy atom. The van der Waals surface area contributed by atoms with Gasteiger partial charge in [-0.1, -0.05) is 36.4 Å². The van der Waals surface area contributed by atoms with Gasteiger partial charge in [-0.2, -0.15) is 0 Å². The zero-order valence-electron chi connectivity index (χ0n) is 14.3. The minimum absolute atomic E-state index is 0.00547. The number of nitrogens with one attached hydrogen (secondary N) is 1. The van der Waals surface area contributed by atoms with Gasteiger partial charge in [0.1, 0.15) is 5.82 Å². The molecule has 3 aromatic carbocycles. The molecule has 7 heteroatoms. The highest BCUT2D eigenvalue weighted by molar-refractivity contribution is 9.10. The summed E-state index contributed by atoms with van der Waals surface area (Å²) in [5, 5.41) is 2.54. The van der Waals surface area contributed by atoms with Crippen LogP contribution in [0.1, 0.15) is 42.2 Å². The number of nitrogens with two attached hydrogens (primary N) is 1. The van der Waals surface area contributed by atoms with Gasteiger partial charge in [-0.15, -0.1) is 0 Å². The predicted molar refractivity (Wildman–Crippen MR) is 106 cm³/mol. The van der Waals surface area contributed by atoms with Gasteiger partial charge < -0.3 is 11.1 Å². The Morgan fingerprint density at radius 1 is 0.929 bits per heavy atom. The highest BCUT2D eigenvalue weighted by Gasteiger charge is 2.34. The maximum Gasteiger partial charge on any atom is 0.258 e. The molecule has 138 valence electrons. The molecule has 28 heavy (non-hydrogen) atoms. The molecule has 3 N–H and O–H groups in total. The second-order valence-electron chi connectivity index (χ2n) is 6.21. The van der Waals surface area contributed by atoms with Gasteiger partial charge in [0.15, 0.2) is 11.6 Å². The zero-order valence-corrected chi connectivity index (χ0v) is 15.8. The van der Waals surface area contributed by atoms with Crippen LogP contribution >= 0.6 is 15.9 Å². The third-order valence-corrected chi connectivity index (χ3v) is 5.21. The monoisotopic (exact) mass is 438 g/mol. The average molecular weight is 439 g/mol. The third kappa shape index (κ3) is 2.71. The normalized spacial score (nSPS) is 12.4. The lowest BCUT2D eigenvalue weighted by atomic mass is 9.82. The summed E-state index contributed by atoms with van der Waals surface area (Å²) in [7, 11) is 0. The summed E-state index contributed by atoms with van der Waals surface area (Å²) < 4.78 is 14.3. The largest absolute Gasteiger partial charge is 0.397 e. The topological polar surface area (TPSA) is 89.3 Å². The molecule has 3 aromatic rings. The molecule has 0 saturated carbocycles. The van der Waals surface area contributed by atoms with Crippen molar-refractivity contribution in [3.63, 3.8) is 0 Å². The maximum atomic E-state index is 13.9.